The number of thiocarbonyl (C=S) groups is 1. The average Bonchev–Trinajstić information content (AvgIpc) is 2.48. The molecule has 3 nitrogen and oxygen atoms in total. The van der Waals surface area contributed by atoms with E-state index in [9.17, 15) is 9.18 Å². The number of carbonyl (C=O) groups excluding carboxylic acids is 1. The molecule has 0 aliphatic carbocycles. The standard InChI is InChI=1S/C15H12FNO2S/c1-19-13-8-6-12(7-9-13)17-15(20)14(18)10-2-4-11(16)5-3-10/h2-9H,1H3,(H,17,20). The van der Waals surface area contributed by atoms with E-state index in [0.29, 0.717) is 17.0 Å². The Hall–Kier alpha value is -2.27. The van der Waals surface area contributed by atoms with Crippen molar-refractivity contribution in [2.75, 3.05) is 12.4 Å². The smallest absolute Gasteiger partial charge is 0.220 e. The van der Waals surface area contributed by atoms with Crippen molar-refractivity contribution in [3.05, 3.63) is 59.9 Å². The molecule has 0 unspecified atom stereocenters. The molecule has 0 heterocycles. The molecule has 0 radical (unpaired) electrons. The SMILES string of the molecule is COc1ccc(NC(=S)C(=O)c2ccc(F)cc2)cc1. The summed E-state index contributed by atoms with van der Waals surface area (Å²) in [7, 11) is 1.57. The molecule has 0 amide bonds. The summed E-state index contributed by atoms with van der Waals surface area (Å²) in [4.78, 5) is 12.1. The summed E-state index contributed by atoms with van der Waals surface area (Å²) in [5.74, 6) is -0.0299. The molecule has 2 aromatic carbocycles. The lowest BCUT2D eigenvalue weighted by molar-refractivity contribution is 0.106. The Balaban J connectivity index is 2.07. The van der Waals surface area contributed by atoms with E-state index in [0.717, 1.165) is 0 Å². The summed E-state index contributed by atoms with van der Waals surface area (Å²) in [6, 6.07) is 12.3. The van der Waals surface area contributed by atoms with E-state index in [4.69, 9.17) is 17.0 Å². The number of halogens is 1. The molecule has 0 fully saturated rings. The van der Waals surface area contributed by atoms with Crippen LogP contribution in [0.4, 0.5) is 10.1 Å². The fraction of sp³-hybridized carbons (Fsp3) is 0.0667. The molecule has 0 aliphatic heterocycles. The van der Waals surface area contributed by atoms with Crippen molar-refractivity contribution in [3.63, 3.8) is 0 Å². The van der Waals surface area contributed by atoms with Crippen LogP contribution >= 0.6 is 12.2 Å². The van der Waals surface area contributed by atoms with Crippen LogP contribution in [-0.4, -0.2) is 17.9 Å². The number of carbonyl (C=O) groups is 1. The molecular formula is C15H12FNO2S. The van der Waals surface area contributed by atoms with Gasteiger partial charge in [-0.1, -0.05) is 12.2 Å². The van der Waals surface area contributed by atoms with Crippen LogP contribution < -0.4 is 10.1 Å². The second-order valence-electron chi connectivity index (χ2n) is 4.02. The van der Waals surface area contributed by atoms with Crippen LogP contribution in [0.3, 0.4) is 0 Å². The Morgan fingerprint density at radius 1 is 1.10 bits per heavy atom. The van der Waals surface area contributed by atoms with E-state index in [-0.39, 0.29) is 10.8 Å². The van der Waals surface area contributed by atoms with Crippen LogP contribution in [0.5, 0.6) is 5.75 Å². The number of ketones is 1. The maximum Gasteiger partial charge on any atom is 0.220 e. The van der Waals surface area contributed by atoms with E-state index in [1.807, 2.05) is 0 Å². The molecule has 2 aromatic rings. The lowest BCUT2D eigenvalue weighted by Gasteiger charge is -2.08. The van der Waals surface area contributed by atoms with Gasteiger partial charge in [0.25, 0.3) is 0 Å². The number of hydrogen-bond acceptors (Lipinski definition) is 3. The van der Waals surface area contributed by atoms with Crippen molar-refractivity contribution in [2.45, 2.75) is 0 Å². The summed E-state index contributed by atoms with van der Waals surface area (Å²) >= 11 is 5.05. The van der Waals surface area contributed by atoms with Gasteiger partial charge in [-0.05, 0) is 48.5 Å². The van der Waals surface area contributed by atoms with Crippen LogP contribution in [-0.2, 0) is 0 Å². The van der Waals surface area contributed by atoms with Gasteiger partial charge in [0.1, 0.15) is 11.6 Å². The predicted molar refractivity (Wildman–Crippen MR) is 79.9 cm³/mol. The van der Waals surface area contributed by atoms with Gasteiger partial charge in [0.2, 0.25) is 5.78 Å². The number of hydrogen-bond donors (Lipinski definition) is 1. The number of ether oxygens (including phenoxy) is 1. The van der Waals surface area contributed by atoms with Gasteiger partial charge < -0.3 is 10.1 Å². The first-order valence-corrected chi connectivity index (χ1v) is 6.26. The summed E-state index contributed by atoms with van der Waals surface area (Å²) in [6.07, 6.45) is 0. The highest BCUT2D eigenvalue weighted by molar-refractivity contribution is 7.82. The molecule has 0 aliphatic rings. The van der Waals surface area contributed by atoms with E-state index >= 15 is 0 Å². The second-order valence-corrected chi connectivity index (χ2v) is 4.43. The third kappa shape index (κ3) is 3.39. The Labute approximate surface area is 121 Å². The number of rotatable bonds is 4. The first-order chi connectivity index (χ1) is 9.60. The Bertz CT molecular complexity index is 623. The van der Waals surface area contributed by atoms with Crippen molar-refractivity contribution >= 4 is 28.7 Å². The molecule has 0 aromatic heterocycles. The van der Waals surface area contributed by atoms with Gasteiger partial charge >= 0.3 is 0 Å². The fourth-order valence-corrected chi connectivity index (χ4v) is 1.83. The lowest BCUT2D eigenvalue weighted by Crippen LogP contribution is -2.20. The quantitative estimate of drug-likeness (QED) is 0.691. The summed E-state index contributed by atoms with van der Waals surface area (Å²) in [5.41, 5.74) is 1.03. The predicted octanol–water partition coefficient (Wildman–Crippen LogP) is 3.46. The zero-order valence-corrected chi connectivity index (χ0v) is 11.5. The monoisotopic (exact) mass is 289 g/mol. The zero-order valence-electron chi connectivity index (χ0n) is 10.7. The van der Waals surface area contributed by atoms with E-state index in [1.165, 1.54) is 24.3 Å². The van der Waals surface area contributed by atoms with Crippen molar-refractivity contribution in [1.82, 2.24) is 0 Å². The molecule has 0 atom stereocenters. The fourth-order valence-electron chi connectivity index (χ4n) is 1.59. The van der Waals surface area contributed by atoms with Crippen LogP contribution in [0, 0.1) is 5.82 Å². The van der Waals surface area contributed by atoms with E-state index in [1.54, 1.807) is 31.4 Å². The molecule has 0 saturated carbocycles. The maximum absolute atomic E-state index is 12.8. The van der Waals surface area contributed by atoms with Crippen LogP contribution in [0.15, 0.2) is 48.5 Å². The van der Waals surface area contributed by atoms with Gasteiger partial charge in [-0.2, -0.15) is 0 Å². The van der Waals surface area contributed by atoms with Gasteiger partial charge in [0, 0.05) is 11.3 Å². The number of nitrogens with one attached hydrogen (secondary N) is 1. The van der Waals surface area contributed by atoms with Gasteiger partial charge in [-0.15, -0.1) is 0 Å². The largest absolute Gasteiger partial charge is 0.497 e. The van der Waals surface area contributed by atoms with Crippen LogP contribution in [0.2, 0.25) is 0 Å². The minimum absolute atomic E-state index is 0.0572. The minimum Gasteiger partial charge on any atom is -0.497 e. The molecule has 20 heavy (non-hydrogen) atoms. The zero-order chi connectivity index (χ0) is 14.5. The maximum atomic E-state index is 12.8. The Morgan fingerprint density at radius 2 is 1.70 bits per heavy atom. The number of benzene rings is 2. The van der Waals surface area contributed by atoms with Crippen LogP contribution in [0.1, 0.15) is 10.4 Å². The normalized spacial score (nSPS) is 9.90. The molecule has 102 valence electrons. The lowest BCUT2D eigenvalue weighted by atomic mass is 10.1. The van der Waals surface area contributed by atoms with Crippen LogP contribution in [0.25, 0.3) is 0 Å². The first kappa shape index (κ1) is 14.1. The molecule has 5 heteroatoms. The van der Waals surface area contributed by atoms with E-state index < -0.39 is 5.82 Å². The third-order valence-corrected chi connectivity index (χ3v) is 2.95. The van der Waals surface area contributed by atoms with Crippen molar-refractivity contribution in [2.24, 2.45) is 0 Å². The number of anilines is 1. The summed E-state index contributed by atoms with van der Waals surface area (Å²) in [6.45, 7) is 0. The molecular weight excluding hydrogens is 277 g/mol. The topological polar surface area (TPSA) is 38.3 Å². The van der Waals surface area contributed by atoms with Gasteiger partial charge in [-0.25, -0.2) is 4.39 Å². The van der Waals surface area contributed by atoms with Gasteiger partial charge in [0.15, 0.2) is 4.99 Å². The van der Waals surface area contributed by atoms with Gasteiger partial charge in [-0.3, -0.25) is 4.79 Å². The van der Waals surface area contributed by atoms with E-state index in [2.05, 4.69) is 5.32 Å². The molecule has 0 saturated heterocycles. The van der Waals surface area contributed by atoms with Crippen molar-refractivity contribution in [3.8, 4) is 5.75 Å². The van der Waals surface area contributed by atoms with Gasteiger partial charge in [0.05, 0.1) is 7.11 Å². The Kier molecular flexibility index (Phi) is 4.42. The molecule has 0 spiro atoms. The highest BCUT2D eigenvalue weighted by Crippen LogP contribution is 2.15. The first-order valence-electron chi connectivity index (χ1n) is 5.85. The third-order valence-electron chi connectivity index (χ3n) is 2.66. The highest BCUT2D eigenvalue weighted by Gasteiger charge is 2.12. The average molecular weight is 289 g/mol. The highest BCUT2D eigenvalue weighted by atomic mass is 32.1. The summed E-state index contributed by atoms with van der Waals surface area (Å²) in [5, 5.41) is 2.84. The number of methoxy groups -OCH3 is 1. The molecule has 0 bridgehead atoms. The summed E-state index contributed by atoms with van der Waals surface area (Å²) < 4.78 is 17.8. The molecule has 1 N–H and O–H groups in total. The molecule has 2 rings (SSSR count). The van der Waals surface area contributed by atoms with Crippen molar-refractivity contribution < 1.29 is 13.9 Å². The van der Waals surface area contributed by atoms with Crippen molar-refractivity contribution in [1.29, 1.82) is 0 Å². The second kappa shape index (κ2) is 6.25. The Morgan fingerprint density at radius 3 is 2.25 bits per heavy atom. The minimum atomic E-state index is -0.393. The number of Topliss-reactive ketones (excluding diaryl/α,β-unsaturated/α-hetero) is 1.